The molecule has 3 N–H and O–H groups in total. The van der Waals surface area contributed by atoms with Crippen molar-refractivity contribution in [1.29, 1.82) is 0 Å². The minimum atomic E-state index is -1.52. The van der Waals surface area contributed by atoms with Gasteiger partial charge in [-0.2, -0.15) is 0 Å². The quantitative estimate of drug-likeness (QED) is 0.208. The van der Waals surface area contributed by atoms with E-state index in [0.717, 1.165) is 11.4 Å². The molecule has 5 heterocycles. The number of hydrogen-bond acceptors (Lipinski definition) is 15. The van der Waals surface area contributed by atoms with Crippen molar-refractivity contribution in [3.8, 4) is 5.69 Å². The predicted molar refractivity (Wildman–Crippen MR) is 253 cm³/mol. The minimum Gasteiger partial charge on any atom is -0.458 e. The molecule has 1 amide bonds. The molecule has 2 aromatic rings. The minimum absolute atomic E-state index is 0.115. The molecule has 4 fully saturated rings. The van der Waals surface area contributed by atoms with Crippen LogP contribution in [-0.2, 0) is 54.0 Å². The Morgan fingerprint density at radius 3 is 2.18 bits per heavy atom. The van der Waals surface area contributed by atoms with Crippen molar-refractivity contribution in [1.82, 2.24) is 19.9 Å². The van der Waals surface area contributed by atoms with E-state index < -0.39 is 108 Å². The van der Waals surface area contributed by atoms with E-state index in [1.54, 1.807) is 53.9 Å². The number of Topliss-reactive ketones (excluding diaryl/α,β-unsaturated/α-hetero) is 1. The normalized spacial score (nSPS) is 41.0. The molecule has 18 heteroatoms. The van der Waals surface area contributed by atoms with Crippen LogP contribution in [0.3, 0.4) is 0 Å². The predicted octanol–water partition coefficient (Wildman–Crippen LogP) is 6.06. The topological polar surface area (TPSA) is 189 Å². The molecule has 4 aliphatic rings. The number of carbonyl (C=O) groups is 3. The third-order valence-electron chi connectivity index (χ3n) is 15.4. The van der Waals surface area contributed by atoms with E-state index in [1.807, 2.05) is 88.6 Å². The van der Waals surface area contributed by atoms with Gasteiger partial charge in [-0.05, 0) is 111 Å². The van der Waals surface area contributed by atoms with Gasteiger partial charge in [-0.3, -0.25) is 9.59 Å². The number of aromatic nitrogens is 1. The van der Waals surface area contributed by atoms with Gasteiger partial charge in [0.05, 0.1) is 48.1 Å². The molecule has 0 aliphatic carbocycles. The van der Waals surface area contributed by atoms with Crippen LogP contribution in [0.15, 0.2) is 42.6 Å². The summed E-state index contributed by atoms with van der Waals surface area (Å²) in [7, 11) is 6.84. The van der Waals surface area contributed by atoms with Gasteiger partial charge in [-0.1, -0.05) is 39.3 Å². The van der Waals surface area contributed by atoms with Crippen molar-refractivity contribution in [2.75, 3.05) is 28.3 Å². The maximum absolute atomic E-state index is 15.1. The summed E-state index contributed by atoms with van der Waals surface area (Å²) in [5.74, 6) is -4.17. The lowest BCUT2D eigenvalue weighted by Gasteiger charge is -2.50. The number of benzene rings is 1. The highest BCUT2D eigenvalue weighted by Gasteiger charge is 2.61. The molecule has 1 aromatic heterocycles. The number of hydrogen-bond donors (Lipinski definition) is 3. The van der Waals surface area contributed by atoms with E-state index in [9.17, 15) is 19.8 Å². The average Bonchev–Trinajstić information content (AvgIpc) is 3.87. The molecule has 4 saturated heterocycles. The van der Waals surface area contributed by atoms with E-state index in [-0.39, 0.29) is 43.7 Å². The summed E-state index contributed by atoms with van der Waals surface area (Å²) in [6.07, 6.45) is -6.00. The Hall–Kier alpha value is -3.20. The summed E-state index contributed by atoms with van der Waals surface area (Å²) in [6, 6.07) is 9.93. The molecule has 0 spiro atoms. The monoisotopic (exact) mass is 977 g/mol. The molecule has 1 aromatic carbocycles. The molecule has 0 saturated carbocycles. The average molecular weight is 978 g/mol. The Labute approximate surface area is 407 Å². The van der Waals surface area contributed by atoms with Crippen LogP contribution in [0.5, 0.6) is 0 Å². The van der Waals surface area contributed by atoms with Crippen molar-refractivity contribution in [3.63, 3.8) is 0 Å². The van der Waals surface area contributed by atoms with Gasteiger partial charge in [0.15, 0.2) is 18.2 Å². The third kappa shape index (κ3) is 10.8. The third-order valence-corrected chi connectivity index (χ3v) is 15.6. The van der Waals surface area contributed by atoms with Gasteiger partial charge in [0, 0.05) is 67.0 Å². The highest BCUT2D eigenvalue weighted by molar-refractivity contribution is 6.30. The summed E-state index contributed by atoms with van der Waals surface area (Å²) in [5, 5.41) is 24.9. The SMILES string of the molecule is CC[C@H]1OC(=O)[C@H](C)[C@@H](OC2CC(C)(OC)C(O)C(C)O2)[C@H](C)[C@@H](OC2OC(C)CC(N(C)C)C2O)[C@](C)(OC)C[C@@H](C)C(=O)[C@H](C)[C@H]2N(NCc3cccn3-c3ccc(Cl)cc3)C(=O)O[C@]12C. The molecule has 6 rings (SSSR count). The van der Waals surface area contributed by atoms with Crippen molar-refractivity contribution < 1.29 is 62.5 Å². The van der Waals surface area contributed by atoms with Gasteiger partial charge in [0.25, 0.3) is 0 Å². The summed E-state index contributed by atoms with van der Waals surface area (Å²) < 4.78 is 53.6. The fraction of sp³-hybridized carbons (Fsp3) is 0.740. The largest absolute Gasteiger partial charge is 0.458 e. The second-order valence-electron chi connectivity index (χ2n) is 20.5. The van der Waals surface area contributed by atoms with E-state index >= 15 is 4.79 Å². The van der Waals surface area contributed by atoms with Crippen molar-refractivity contribution in [2.24, 2.45) is 23.7 Å². The lowest BCUT2D eigenvalue weighted by molar-refractivity contribution is -0.319. The lowest BCUT2D eigenvalue weighted by Crippen LogP contribution is -2.62. The van der Waals surface area contributed by atoms with E-state index in [1.165, 1.54) is 12.1 Å². The molecular weight excluding hydrogens is 900 g/mol. The first-order chi connectivity index (χ1) is 31.9. The fourth-order valence-corrected chi connectivity index (χ4v) is 11.4. The number of aliphatic hydroxyl groups is 2. The number of ketones is 1. The van der Waals surface area contributed by atoms with Gasteiger partial charge >= 0.3 is 12.1 Å². The smallest absolute Gasteiger partial charge is 0.425 e. The van der Waals surface area contributed by atoms with Crippen molar-refractivity contribution in [2.45, 2.75) is 186 Å². The Kier molecular flexibility index (Phi) is 17.2. The zero-order valence-corrected chi connectivity index (χ0v) is 43.1. The lowest BCUT2D eigenvalue weighted by atomic mass is 9.73. The molecule has 382 valence electrons. The number of likely N-dealkylation sites (N-methyl/N-ethyl adjacent to an activating group) is 1. The summed E-state index contributed by atoms with van der Waals surface area (Å²) in [5.41, 5.74) is 1.10. The molecule has 4 aliphatic heterocycles. The number of carbonyl (C=O) groups excluding carboxylic acids is 3. The Bertz CT molecular complexity index is 2040. The highest BCUT2D eigenvalue weighted by Crippen LogP contribution is 2.44. The van der Waals surface area contributed by atoms with Gasteiger partial charge in [-0.15, -0.1) is 0 Å². The molecule has 8 unspecified atom stereocenters. The van der Waals surface area contributed by atoms with E-state index in [0.29, 0.717) is 11.4 Å². The zero-order valence-electron chi connectivity index (χ0n) is 42.3. The standard InChI is InChI=1S/C50H77ClN4O13/c1-15-37-50(10)42(55(47(60)68-50)52-26-35-17-16-22-54(35)34-20-18-33(51)19-21-34)29(4)39(56)27(2)24-49(9,62-14)44(67-46-40(57)36(53(11)12)23-28(3)63-46)30(5)41(31(6)45(59)65-37)66-38-25-48(8,61-13)43(58)32(7)64-38/h16-22,27-32,36-38,40-44,46,52,57-58H,15,23-26H2,1-14H3/t27-,28?,29+,30+,31-,32?,36?,37-,38?,40?,41+,42-,43?,44-,46?,48?,49-,50-/m1/s1. The number of ether oxygens (including phenoxy) is 8. The van der Waals surface area contributed by atoms with Crippen LogP contribution in [0.1, 0.15) is 101 Å². The summed E-state index contributed by atoms with van der Waals surface area (Å²) >= 11 is 6.19. The first-order valence-electron chi connectivity index (χ1n) is 24.1. The number of methoxy groups -OCH3 is 2. The first kappa shape index (κ1) is 54.1. The number of nitrogens with one attached hydrogen (secondary N) is 1. The first-order valence-corrected chi connectivity index (χ1v) is 24.5. The maximum atomic E-state index is 15.1. The number of aliphatic hydroxyl groups excluding tert-OH is 2. The maximum Gasteiger partial charge on any atom is 0.425 e. The Morgan fingerprint density at radius 1 is 0.897 bits per heavy atom. The fourth-order valence-electron chi connectivity index (χ4n) is 11.3. The molecule has 0 bridgehead atoms. The molecular formula is C50H77ClN4O13. The van der Waals surface area contributed by atoms with Crippen LogP contribution in [0.4, 0.5) is 4.79 Å². The molecule has 68 heavy (non-hydrogen) atoms. The van der Waals surface area contributed by atoms with E-state index in [2.05, 4.69) is 5.43 Å². The summed E-state index contributed by atoms with van der Waals surface area (Å²) in [6.45, 7) is 18.2. The van der Waals surface area contributed by atoms with Crippen LogP contribution >= 0.6 is 11.6 Å². The number of fused-ring (bicyclic) bond motifs is 1. The number of halogens is 1. The second-order valence-corrected chi connectivity index (χ2v) is 20.9. The molecule has 17 nitrogen and oxygen atoms in total. The van der Waals surface area contributed by atoms with Crippen LogP contribution in [-0.4, -0.2) is 155 Å². The van der Waals surface area contributed by atoms with Gasteiger partial charge in [0.1, 0.15) is 30.1 Å². The molecule has 0 radical (unpaired) electrons. The van der Waals surface area contributed by atoms with Gasteiger partial charge in [0.2, 0.25) is 0 Å². The van der Waals surface area contributed by atoms with Gasteiger partial charge < -0.3 is 57.6 Å². The van der Waals surface area contributed by atoms with Crippen molar-refractivity contribution in [3.05, 3.63) is 53.3 Å². The number of esters is 1. The van der Waals surface area contributed by atoms with Gasteiger partial charge in [-0.25, -0.2) is 15.2 Å². The summed E-state index contributed by atoms with van der Waals surface area (Å²) in [4.78, 5) is 46.3. The van der Waals surface area contributed by atoms with Crippen LogP contribution < -0.4 is 5.43 Å². The number of cyclic esters (lactones) is 1. The Morgan fingerprint density at radius 2 is 1.56 bits per heavy atom. The zero-order chi connectivity index (χ0) is 50.2. The van der Waals surface area contributed by atoms with Crippen LogP contribution in [0, 0.1) is 23.7 Å². The van der Waals surface area contributed by atoms with Crippen molar-refractivity contribution >= 4 is 29.4 Å². The van der Waals surface area contributed by atoms with E-state index in [4.69, 9.17) is 49.5 Å². The second kappa shape index (κ2) is 21.7. The molecule has 18 atom stereocenters. The number of hydrazine groups is 1. The number of nitrogens with zero attached hydrogens (tertiary/aromatic N) is 3. The van der Waals surface area contributed by atoms with Crippen LogP contribution in [0.2, 0.25) is 5.02 Å². The highest BCUT2D eigenvalue weighted by atomic mass is 35.5. The Balaban J connectivity index is 1.43. The number of amides is 1. The van der Waals surface area contributed by atoms with Crippen LogP contribution in [0.25, 0.3) is 5.69 Å². The number of rotatable bonds is 12.